The zero-order valence-corrected chi connectivity index (χ0v) is 8.33. The zero-order valence-electron chi connectivity index (χ0n) is 8.33. The highest BCUT2D eigenvalue weighted by molar-refractivity contribution is 5.45. The van der Waals surface area contributed by atoms with E-state index in [2.05, 4.69) is 37.3 Å². The topological polar surface area (TPSA) is 25.8 Å². The standard InChI is InChI=1S/C11H14N2/c1-8(2)9(3)5-11-10(4)6-12-7-13-11/h5-7H,4H2,1-3H3/b11-5+. The monoisotopic (exact) mass is 174 g/mol. The lowest BCUT2D eigenvalue weighted by Crippen LogP contribution is -2.26. The van der Waals surface area contributed by atoms with Crippen molar-refractivity contribution in [1.29, 1.82) is 0 Å². The van der Waals surface area contributed by atoms with Gasteiger partial charge in [-0.05, 0) is 26.8 Å². The van der Waals surface area contributed by atoms with Crippen LogP contribution < -0.4 is 10.6 Å². The lowest BCUT2D eigenvalue weighted by atomic mass is 10.1. The van der Waals surface area contributed by atoms with Crippen LogP contribution in [0.25, 0.3) is 12.7 Å². The lowest BCUT2D eigenvalue weighted by molar-refractivity contribution is 1.10. The van der Waals surface area contributed by atoms with Crippen LogP contribution >= 0.6 is 0 Å². The molecule has 68 valence electrons. The predicted octanol–water partition coefficient (Wildman–Crippen LogP) is 1.02. The van der Waals surface area contributed by atoms with E-state index in [0.717, 1.165) is 10.6 Å². The van der Waals surface area contributed by atoms with Crippen LogP contribution in [0.15, 0.2) is 23.7 Å². The van der Waals surface area contributed by atoms with E-state index < -0.39 is 0 Å². The first kappa shape index (κ1) is 9.65. The predicted molar refractivity (Wildman–Crippen MR) is 55.3 cm³/mol. The fourth-order valence-corrected chi connectivity index (χ4v) is 0.847. The Bertz CT molecular complexity index is 426. The summed E-state index contributed by atoms with van der Waals surface area (Å²) in [6, 6.07) is 0. The average molecular weight is 174 g/mol. The van der Waals surface area contributed by atoms with Crippen LogP contribution in [0, 0.1) is 0 Å². The van der Waals surface area contributed by atoms with E-state index in [-0.39, 0.29) is 0 Å². The van der Waals surface area contributed by atoms with Crippen molar-refractivity contribution < 1.29 is 0 Å². The third-order valence-corrected chi connectivity index (χ3v) is 1.96. The molecule has 0 aliphatic heterocycles. The number of hydrogen-bond acceptors (Lipinski definition) is 2. The van der Waals surface area contributed by atoms with Gasteiger partial charge in [0.05, 0.1) is 5.35 Å². The fourth-order valence-electron chi connectivity index (χ4n) is 0.847. The Morgan fingerprint density at radius 3 is 2.62 bits per heavy atom. The number of hydrogen-bond donors (Lipinski definition) is 0. The molecule has 1 rings (SSSR count). The largest absolute Gasteiger partial charge is 0.244 e. The molecule has 0 saturated heterocycles. The molecule has 0 N–H and O–H groups in total. The number of aromatic nitrogens is 2. The molecule has 0 saturated carbocycles. The second-order valence-electron chi connectivity index (χ2n) is 3.26. The van der Waals surface area contributed by atoms with Gasteiger partial charge in [0.2, 0.25) is 0 Å². The van der Waals surface area contributed by atoms with Gasteiger partial charge in [-0.3, -0.25) is 0 Å². The second-order valence-corrected chi connectivity index (χ2v) is 3.26. The van der Waals surface area contributed by atoms with Gasteiger partial charge in [-0.25, -0.2) is 9.97 Å². The molecule has 1 aromatic rings. The first-order valence-electron chi connectivity index (χ1n) is 4.22. The van der Waals surface area contributed by atoms with Gasteiger partial charge in [-0.1, -0.05) is 17.7 Å². The Balaban J connectivity index is 3.32. The Morgan fingerprint density at radius 2 is 2.08 bits per heavy atom. The Labute approximate surface area is 78.4 Å². The van der Waals surface area contributed by atoms with E-state index in [1.165, 1.54) is 11.1 Å². The molecule has 1 heterocycles. The molecule has 0 fully saturated rings. The normalized spacial score (nSPS) is 11.5. The quantitative estimate of drug-likeness (QED) is 0.635. The van der Waals surface area contributed by atoms with Crippen LogP contribution in [0.4, 0.5) is 0 Å². The Morgan fingerprint density at radius 1 is 1.38 bits per heavy atom. The van der Waals surface area contributed by atoms with Crippen molar-refractivity contribution in [3.63, 3.8) is 0 Å². The molecule has 0 aromatic carbocycles. The average Bonchev–Trinajstić information content (AvgIpc) is 2.08. The Hall–Kier alpha value is -1.44. The van der Waals surface area contributed by atoms with Gasteiger partial charge < -0.3 is 0 Å². The molecule has 0 radical (unpaired) electrons. The van der Waals surface area contributed by atoms with E-state index in [4.69, 9.17) is 0 Å². The Kier molecular flexibility index (Phi) is 2.96. The highest BCUT2D eigenvalue weighted by atomic mass is 14.8. The summed E-state index contributed by atoms with van der Waals surface area (Å²) in [6.07, 6.45) is 5.29. The van der Waals surface area contributed by atoms with E-state index in [9.17, 15) is 0 Å². The summed E-state index contributed by atoms with van der Waals surface area (Å²) in [7, 11) is 0. The molecule has 0 aliphatic rings. The smallest absolute Gasteiger partial charge is 0.116 e. The summed E-state index contributed by atoms with van der Waals surface area (Å²) in [5, 5.41) is 1.76. The molecule has 0 unspecified atom stereocenters. The minimum absolute atomic E-state index is 0.864. The molecule has 0 aliphatic carbocycles. The van der Waals surface area contributed by atoms with Crippen molar-refractivity contribution in [2.75, 3.05) is 0 Å². The highest BCUT2D eigenvalue weighted by Gasteiger charge is 1.87. The van der Waals surface area contributed by atoms with Crippen molar-refractivity contribution in [3.8, 4) is 0 Å². The van der Waals surface area contributed by atoms with Crippen LogP contribution in [-0.2, 0) is 0 Å². The molecular formula is C11H14N2. The first-order valence-corrected chi connectivity index (χ1v) is 4.22. The van der Waals surface area contributed by atoms with Gasteiger partial charge in [0.1, 0.15) is 6.33 Å². The van der Waals surface area contributed by atoms with Crippen molar-refractivity contribution in [2.24, 2.45) is 0 Å². The second kappa shape index (κ2) is 3.99. The maximum Gasteiger partial charge on any atom is 0.116 e. The summed E-state index contributed by atoms with van der Waals surface area (Å²) in [6.45, 7) is 10.1. The third kappa shape index (κ3) is 2.51. The molecule has 0 bridgehead atoms. The number of nitrogens with zero attached hydrogens (tertiary/aromatic N) is 2. The number of allylic oxidation sites excluding steroid dienone is 2. The van der Waals surface area contributed by atoms with Gasteiger partial charge in [0.25, 0.3) is 0 Å². The van der Waals surface area contributed by atoms with Gasteiger partial charge in [0.15, 0.2) is 0 Å². The summed E-state index contributed by atoms with van der Waals surface area (Å²) in [5.41, 5.74) is 2.52. The molecule has 0 spiro atoms. The van der Waals surface area contributed by atoms with Gasteiger partial charge in [0, 0.05) is 11.4 Å². The molecule has 2 heteroatoms. The molecule has 13 heavy (non-hydrogen) atoms. The van der Waals surface area contributed by atoms with Crippen LogP contribution in [0.2, 0.25) is 0 Å². The van der Waals surface area contributed by atoms with E-state index in [0.29, 0.717) is 0 Å². The van der Waals surface area contributed by atoms with Gasteiger partial charge in [-0.15, -0.1) is 0 Å². The molecular weight excluding hydrogens is 160 g/mol. The number of rotatable bonds is 1. The van der Waals surface area contributed by atoms with Crippen LogP contribution in [0.5, 0.6) is 0 Å². The van der Waals surface area contributed by atoms with Crippen molar-refractivity contribution >= 4 is 12.7 Å². The van der Waals surface area contributed by atoms with Crippen molar-refractivity contribution in [1.82, 2.24) is 9.97 Å². The fraction of sp³-hybridized carbons (Fsp3) is 0.273. The van der Waals surface area contributed by atoms with Crippen LogP contribution in [-0.4, -0.2) is 9.97 Å². The molecule has 2 nitrogen and oxygen atoms in total. The van der Waals surface area contributed by atoms with E-state index in [1.807, 2.05) is 6.08 Å². The van der Waals surface area contributed by atoms with Crippen LogP contribution in [0.3, 0.4) is 0 Å². The zero-order chi connectivity index (χ0) is 9.84. The minimum atomic E-state index is 0.864. The maximum absolute atomic E-state index is 4.14. The summed E-state index contributed by atoms with van der Waals surface area (Å²) in [5.74, 6) is 0. The summed E-state index contributed by atoms with van der Waals surface area (Å²) >= 11 is 0. The van der Waals surface area contributed by atoms with E-state index in [1.54, 1.807) is 12.5 Å². The van der Waals surface area contributed by atoms with Crippen molar-refractivity contribution in [3.05, 3.63) is 34.2 Å². The molecule has 1 aromatic heterocycles. The van der Waals surface area contributed by atoms with Gasteiger partial charge in [-0.2, -0.15) is 0 Å². The first-order chi connectivity index (χ1) is 6.11. The van der Waals surface area contributed by atoms with Gasteiger partial charge >= 0.3 is 0 Å². The highest BCUT2D eigenvalue weighted by Crippen LogP contribution is 2.01. The van der Waals surface area contributed by atoms with Crippen LogP contribution in [0.1, 0.15) is 20.8 Å². The van der Waals surface area contributed by atoms with Crippen molar-refractivity contribution in [2.45, 2.75) is 20.8 Å². The third-order valence-electron chi connectivity index (χ3n) is 1.96. The SMILES string of the molecule is C=c1cncn/c1=C/C(C)=C(C)C. The maximum atomic E-state index is 4.14. The summed E-state index contributed by atoms with van der Waals surface area (Å²) in [4.78, 5) is 8.02. The summed E-state index contributed by atoms with van der Waals surface area (Å²) < 4.78 is 0. The molecule has 0 amide bonds. The lowest BCUT2D eigenvalue weighted by Gasteiger charge is -1.94. The molecule has 0 atom stereocenters. The minimum Gasteiger partial charge on any atom is -0.244 e. The van der Waals surface area contributed by atoms with E-state index >= 15 is 0 Å².